The molecule has 1 unspecified atom stereocenters. The van der Waals surface area contributed by atoms with Gasteiger partial charge in [0.25, 0.3) is 0 Å². The number of nitrogens with zero attached hydrogens (tertiary/aromatic N) is 3. The van der Waals surface area contributed by atoms with E-state index in [9.17, 15) is 4.79 Å². The molecule has 2 aliphatic rings. The van der Waals surface area contributed by atoms with Gasteiger partial charge in [0.1, 0.15) is 0 Å². The zero-order chi connectivity index (χ0) is 21.0. The van der Waals surface area contributed by atoms with Gasteiger partial charge >= 0.3 is 0 Å². The average Bonchev–Trinajstić information content (AvgIpc) is 3.32. The lowest BCUT2D eigenvalue weighted by Crippen LogP contribution is -2.49. The van der Waals surface area contributed by atoms with Crippen molar-refractivity contribution in [2.45, 2.75) is 25.4 Å². The van der Waals surface area contributed by atoms with Gasteiger partial charge in [-0.3, -0.25) is 9.79 Å². The highest BCUT2D eigenvalue weighted by molar-refractivity contribution is 14.0. The quantitative estimate of drug-likeness (QED) is 0.213. The van der Waals surface area contributed by atoms with Crippen molar-refractivity contribution in [1.29, 1.82) is 0 Å². The standard InChI is InChI=1S/C22H35N5O3.HI/c1-23-22(24-10-5-16-30-20-9-17-29-18-20)25-11-8-21(28)27-14-12-26(13-15-27)19-6-3-2-4-7-19;/h2-4,6-7,20H,5,8-18H2,1H3,(H2,23,24,25);1H. The van der Waals surface area contributed by atoms with Gasteiger partial charge in [0.15, 0.2) is 5.96 Å². The molecule has 0 aliphatic carbocycles. The number of halogens is 1. The first-order valence-electron chi connectivity index (χ1n) is 11.0. The first kappa shape index (κ1) is 25.7. The number of guanidine groups is 1. The second-order valence-electron chi connectivity index (χ2n) is 7.59. The number of carbonyl (C=O) groups is 1. The summed E-state index contributed by atoms with van der Waals surface area (Å²) < 4.78 is 11.1. The van der Waals surface area contributed by atoms with Crippen molar-refractivity contribution in [2.75, 3.05) is 71.0 Å². The van der Waals surface area contributed by atoms with E-state index in [1.54, 1.807) is 7.05 Å². The zero-order valence-corrected chi connectivity index (χ0v) is 20.8. The highest BCUT2D eigenvalue weighted by atomic mass is 127. The molecule has 3 rings (SSSR count). The van der Waals surface area contributed by atoms with Crippen LogP contribution in [0.4, 0.5) is 5.69 Å². The lowest BCUT2D eigenvalue weighted by Gasteiger charge is -2.36. The summed E-state index contributed by atoms with van der Waals surface area (Å²) in [5.74, 6) is 0.916. The highest BCUT2D eigenvalue weighted by Gasteiger charge is 2.21. The van der Waals surface area contributed by atoms with Crippen molar-refractivity contribution >= 4 is 41.5 Å². The molecule has 1 atom stereocenters. The Bertz CT molecular complexity index is 662. The molecule has 1 aromatic carbocycles. The number of hydrogen-bond acceptors (Lipinski definition) is 5. The summed E-state index contributed by atoms with van der Waals surface area (Å²) in [5, 5.41) is 6.49. The molecule has 31 heavy (non-hydrogen) atoms. The molecule has 0 bridgehead atoms. The molecule has 0 aromatic heterocycles. The number of hydrogen-bond donors (Lipinski definition) is 2. The van der Waals surface area contributed by atoms with Gasteiger partial charge in [0.2, 0.25) is 5.91 Å². The first-order valence-corrected chi connectivity index (χ1v) is 11.0. The molecule has 1 aromatic rings. The van der Waals surface area contributed by atoms with Crippen LogP contribution in [0.5, 0.6) is 0 Å². The van der Waals surface area contributed by atoms with Gasteiger partial charge in [0.05, 0.1) is 12.7 Å². The largest absolute Gasteiger partial charge is 0.379 e. The molecule has 2 saturated heterocycles. The molecule has 2 aliphatic heterocycles. The molecule has 0 spiro atoms. The van der Waals surface area contributed by atoms with Crippen LogP contribution in [0.15, 0.2) is 35.3 Å². The highest BCUT2D eigenvalue weighted by Crippen LogP contribution is 2.15. The number of ether oxygens (including phenoxy) is 2. The molecular formula is C22H36IN5O3. The van der Waals surface area contributed by atoms with Crippen LogP contribution in [0.25, 0.3) is 0 Å². The molecule has 1 amide bonds. The number of rotatable bonds is 9. The van der Waals surface area contributed by atoms with Crippen LogP contribution in [0.2, 0.25) is 0 Å². The summed E-state index contributed by atoms with van der Waals surface area (Å²) in [5.41, 5.74) is 1.23. The zero-order valence-electron chi connectivity index (χ0n) is 18.4. The SMILES string of the molecule is CN=C(NCCCOC1CCOC1)NCCC(=O)N1CCN(c2ccccc2)CC1.I. The maximum atomic E-state index is 12.5. The van der Waals surface area contributed by atoms with Crippen molar-refractivity contribution in [3.63, 3.8) is 0 Å². The van der Waals surface area contributed by atoms with Crippen LogP contribution in [-0.2, 0) is 14.3 Å². The van der Waals surface area contributed by atoms with Gasteiger partial charge < -0.3 is 29.9 Å². The summed E-state index contributed by atoms with van der Waals surface area (Å²) >= 11 is 0. The van der Waals surface area contributed by atoms with Crippen molar-refractivity contribution in [2.24, 2.45) is 4.99 Å². The smallest absolute Gasteiger partial charge is 0.224 e. The Labute approximate surface area is 202 Å². The minimum absolute atomic E-state index is 0. The van der Waals surface area contributed by atoms with Crippen molar-refractivity contribution in [3.8, 4) is 0 Å². The lowest BCUT2D eigenvalue weighted by molar-refractivity contribution is -0.131. The topological polar surface area (TPSA) is 78.4 Å². The minimum Gasteiger partial charge on any atom is -0.379 e. The Kier molecular flexibility index (Phi) is 12.0. The van der Waals surface area contributed by atoms with E-state index in [1.807, 2.05) is 11.0 Å². The predicted octanol–water partition coefficient (Wildman–Crippen LogP) is 1.70. The van der Waals surface area contributed by atoms with Gasteiger partial charge in [-0.25, -0.2) is 0 Å². The summed E-state index contributed by atoms with van der Waals surface area (Å²) in [7, 11) is 1.74. The average molecular weight is 545 g/mol. The Morgan fingerprint density at radius 1 is 1.16 bits per heavy atom. The van der Waals surface area contributed by atoms with Crippen molar-refractivity contribution in [3.05, 3.63) is 30.3 Å². The number of nitrogens with one attached hydrogen (secondary N) is 2. The Morgan fingerprint density at radius 3 is 2.58 bits per heavy atom. The first-order chi connectivity index (χ1) is 14.8. The van der Waals surface area contributed by atoms with Gasteiger partial charge in [-0.05, 0) is 25.0 Å². The predicted molar refractivity (Wildman–Crippen MR) is 134 cm³/mol. The van der Waals surface area contributed by atoms with Crippen LogP contribution in [-0.4, -0.2) is 89.0 Å². The number of aliphatic imine (C=N–C) groups is 1. The van der Waals surface area contributed by atoms with Crippen molar-refractivity contribution < 1.29 is 14.3 Å². The number of anilines is 1. The van der Waals surface area contributed by atoms with Gasteiger partial charge in [-0.2, -0.15) is 0 Å². The lowest BCUT2D eigenvalue weighted by atomic mass is 10.2. The maximum absolute atomic E-state index is 12.5. The molecule has 0 saturated carbocycles. The number of benzene rings is 1. The number of para-hydroxylation sites is 1. The van der Waals surface area contributed by atoms with Crippen LogP contribution in [0.3, 0.4) is 0 Å². The van der Waals surface area contributed by atoms with Gasteiger partial charge in [0, 0.05) is 71.6 Å². The third kappa shape index (κ3) is 8.82. The van der Waals surface area contributed by atoms with Crippen LogP contribution in [0.1, 0.15) is 19.3 Å². The summed E-state index contributed by atoms with van der Waals surface area (Å²) in [4.78, 5) is 21.0. The summed E-state index contributed by atoms with van der Waals surface area (Å²) in [6.45, 7) is 6.89. The normalized spacial score (nSPS) is 19.1. The molecule has 9 heteroatoms. The van der Waals surface area contributed by atoms with E-state index in [1.165, 1.54) is 5.69 Å². The molecule has 2 N–H and O–H groups in total. The van der Waals surface area contributed by atoms with E-state index in [-0.39, 0.29) is 36.0 Å². The number of amides is 1. The Morgan fingerprint density at radius 2 is 1.90 bits per heavy atom. The molecule has 0 radical (unpaired) electrons. The number of carbonyl (C=O) groups excluding carboxylic acids is 1. The Hall–Kier alpha value is -1.59. The van der Waals surface area contributed by atoms with Crippen molar-refractivity contribution in [1.82, 2.24) is 15.5 Å². The fraction of sp³-hybridized carbons (Fsp3) is 0.636. The van der Waals surface area contributed by atoms with Crippen LogP contribution >= 0.6 is 24.0 Å². The third-order valence-corrected chi connectivity index (χ3v) is 5.46. The van der Waals surface area contributed by atoms with E-state index >= 15 is 0 Å². The van der Waals surface area contributed by atoms with Crippen LogP contribution < -0.4 is 15.5 Å². The van der Waals surface area contributed by atoms with Gasteiger partial charge in [-0.1, -0.05) is 18.2 Å². The maximum Gasteiger partial charge on any atom is 0.224 e. The minimum atomic E-state index is 0. The second-order valence-corrected chi connectivity index (χ2v) is 7.59. The molecular weight excluding hydrogens is 509 g/mol. The summed E-state index contributed by atoms with van der Waals surface area (Å²) in [6.07, 6.45) is 2.62. The monoisotopic (exact) mass is 545 g/mol. The molecule has 2 heterocycles. The molecule has 174 valence electrons. The second kappa shape index (κ2) is 14.5. The fourth-order valence-corrected chi connectivity index (χ4v) is 3.69. The third-order valence-electron chi connectivity index (χ3n) is 5.46. The van der Waals surface area contributed by atoms with E-state index in [2.05, 4.69) is 44.8 Å². The Balaban J connectivity index is 0.00000341. The summed E-state index contributed by atoms with van der Waals surface area (Å²) in [6, 6.07) is 10.4. The van der Waals surface area contributed by atoms with E-state index in [0.29, 0.717) is 26.2 Å². The molecule has 2 fully saturated rings. The van der Waals surface area contributed by atoms with E-state index in [4.69, 9.17) is 9.47 Å². The number of piperazine rings is 1. The van der Waals surface area contributed by atoms with E-state index in [0.717, 1.165) is 58.1 Å². The molecule has 8 nitrogen and oxygen atoms in total. The van der Waals surface area contributed by atoms with Gasteiger partial charge in [-0.15, -0.1) is 24.0 Å². The van der Waals surface area contributed by atoms with Crippen LogP contribution in [0, 0.1) is 0 Å². The fourth-order valence-electron chi connectivity index (χ4n) is 3.69. The van der Waals surface area contributed by atoms with E-state index < -0.39 is 0 Å².